The zero-order chi connectivity index (χ0) is 17.2. The van der Waals surface area contributed by atoms with Gasteiger partial charge in [-0.3, -0.25) is 4.40 Å². The maximum Gasteiger partial charge on any atom is 0.410 e. The van der Waals surface area contributed by atoms with Crippen molar-refractivity contribution in [3.8, 4) is 0 Å². The molecule has 25 heavy (non-hydrogen) atoms. The molecule has 4 rings (SSSR count). The zero-order valence-corrected chi connectivity index (χ0v) is 14.3. The first kappa shape index (κ1) is 15.9. The summed E-state index contributed by atoms with van der Waals surface area (Å²) >= 11 is 6.10. The number of rotatable bonds is 3. The fourth-order valence-corrected chi connectivity index (χ4v) is 3.36. The van der Waals surface area contributed by atoms with Crippen LogP contribution in [-0.4, -0.2) is 38.5 Å². The molecule has 1 fully saturated rings. The maximum atomic E-state index is 12.3. The van der Waals surface area contributed by atoms with Crippen LogP contribution in [0.5, 0.6) is 0 Å². The van der Waals surface area contributed by atoms with Gasteiger partial charge >= 0.3 is 6.09 Å². The van der Waals surface area contributed by atoms with E-state index in [0.717, 1.165) is 23.3 Å². The third kappa shape index (κ3) is 3.17. The summed E-state index contributed by atoms with van der Waals surface area (Å²) in [5.74, 6) is 1.06. The third-order valence-corrected chi connectivity index (χ3v) is 4.75. The molecule has 0 N–H and O–H groups in total. The van der Waals surface area contributed by atoms with E-state index >= 15 is 0 Å². The van der Waals surface area contributed by atoms with Crippen molar-refractivity contribution in [2.24, 2.45) is 0 Å². The van der Waals surface area contributed by atoms with Gasteiger partial charge < -0.3 is 9.64 Å². The van der Waals surface area contributed by atoms with Crippen LogP contribution in [0, 0.1) is 0 Å². The molecule has 3 aromatic rings. The lowest BCUT2D eigenvalue weighted by Gasteiger charge is -2.16. The molecule has 0 bridgehead atoms. The van der Waals surface area contributed by atoms with Crippen LogP contribution in [0.4, 0.5) is 4.79 Å². The van der Waals surface area contributed by atoms with E-state index in [0.29, 0.717) is 18.2 Å². The fourth-order valence-electron chi connectivity index (χ4n) is 3.17. The molecule has 3 heterocycles. The summed E-state index contributed by atoms with van der Waals surface area (Å²) in [7, 11) is 0. The molecule has 0 unspecified atom stereocenters. The van der Waals surface area contributed by atoms with Crippen LogP contribution >= 0.6 is 11.6 Å². The number of imidazole rings is 1. The van der Waals surface area contributed by atoms with Crippen LogP contribution in [0.2, 0.25) is 5.15 Å². The molecule has 6 nitrogen and oxygen atoms in total. The number of hydrogen-bond donors (Lipinski definition) is 0. The molecule has 1 aliphatic rings. The number of likely N-dealkylation sites (tertiary alicyclic amines) is 1. The highest BCUT2D eigenvalue weighted by Gasteiger charge is 2.31. The van der Waals surface area contributed by atoms with E-state index in [1.165, 1.54) is 0 Å². The van der Waals surface area contributed by atoms with Crippen molar-refractivity contribution in [3.05, 3.63) is 65.5 Å². The summed E-state index contributed by atoms with van der Waals surface area (Å²) in [5, 5.41) is 0.429. The summed E-state index contributed by atoms with van der Waals surface area (Å²) in [6, 6.07) is 9.67. The summed E-state index contributed by atoms with van der Waals surface area (Å²) in [6.45, 7) is 1.53. The Labute approximate surface area is 150 Å². The van der Waals surface area contributed by atoms with E-state index in [1.54, 1.807) is 17.3 Å². The van der Waals surface area contributed by atoms with Gasteiger partial charge in [-0.05, 0) is 12.0 Å². The average Bonchev–Trinajstić information content (AvgIpc) is 3.28. The molecule has 7 heteroatoms. The Morgan fingerprint density at radius 1 is 1.28 bits per heavy atom. The topological polar surface area (TPSA) is 59.7 Å². The maximum absolute atomic E-state index is 12.3. The molecular formula is C18H17ClN4O2. The Bertz CT molecular complexity index is 896. The van der Waals surface area contributed by atoms with Crippen LogP contribution in [0.15, 0.2) is 48.9 Å². The van der Waals surface area contributed by atoms with Gasteiger partial charge in [0.05, 0.1) is 6.20 Å². The number of benzene rings is 1. The highest BCUT2D eigenvalue weighted by atomic mass is 35.5. The molecule has 0 aliphatic carbocycles. The molecule has 128 valence electrons. The first-order valence-corrected chi connectivity index (χ1v) is 8.53. The molecule has 1 saturated heterocycles. The van der Waals surface area contributed by atoms with Crippen LogP contribution in [0.3, 0.4) is 0 Å². The van der Waals surface area contributed by atoms with Crippen molar-refractivity contribution in [1.29, 1.82) is 0 Å². The number of hydrogen-bond acceptors (Lipinski definition) is 4. The lowest BCUT2D eigenvalue weighted by Crippen LogP contribution is -2.29. The van der Waals surface area contributed by atoms with Crippen molar-refractivity contribution in [2.75, 3.05) is 13.1 Å². The Morgan fingerprint density at radius 3 is 2.96 bits per heavy atom. The van der Waals surface area contributed by atoms with Gasteiger partial charge in [-0.25, -0.2) is 14.8 Å². The number of carbonyl (C=O) groups excluding carboxylic acids is 1. The van der Waals surface area contributed by atoms with Crippen molar-refractivity contribution >= 4 is 23.2 Å². The Balaban J connectivity index is 1.42. The highest BCUT2D eigenvalue weighted by molar-refractivity contribution is 6.32. The van der Waals surface area contributed by atoms with Gasteiger partial charge in [-0.2, -0.15) is 0 Å². The predicted molar refractivity (Wildman–Crippen MR) is 93.6 cm³/mol. The minimum atomic E-state index is -0.285. The highest BCUT2D eigenvalue weighted by Crippen LogP contribution is 2.28. The van der Waals surface area contributed by atoms with Crippen molar-refractivity contribution in [3.63, 3.8) is 0 Å². The SMILES string of the molecule is O=C(OCc1ccccc1)N1CC[C@H](c2ncc3c(Cl)nccn23)C1. The molecule has 1 atom stereocenters. The number of fused-ring (bicyclic) bond motifs is 1. The normalized spacial score (nSPS) is 17.2. The number of aromatic nitrogens is 3. The van der Waals surface area contributed by atoms with Crippen LogP contribution in [0.25, 0.3) is 5.52 Å². The number of carbonyl (C=O) groups is 1. The van der Waals surface area contributed by atoms with E-state index in [1.807, 2.05) is 40.9 Å². The number of amides is 1. The van der Waals surface area contributed by atoms with Crippen molar-refractivity contribution < 1.29 is 9.53 Å². The van der Waals surface area contributed by atoms with Crippen LogP contribution < -0.4 is 0 Å². The van der Waals surface area contributed by atoms with E-state index in [2.05, 4.69) is 9.97 Å². The Morgan fingerprint density at radius 2 is 2.12 bits per heavy atom. The van der Waals surface area contributed by atoms with Gasteiger partial charge in [0, 0.05) is 31.4 Å². The van der Waals surface area contributed by atoms with Gasteiger partial charge in [0.1, 0.15) is 17.9 Å². The molecule has 2 aromatic heterocycles. The molecule has 0 saturated carbocycles. The van der Waals surface area contributed by atoms with Crippen molar-refractivity contribution in [1.82, 2.24) is 19.3 Å². The first-order valence-electron chi connectivity index (χ1n) is 8.15. The largest absolute Gasteiger partial charge is 0.445 e. The van der Waals surface area contributed by atoms with Crippen molar-refractivity contribution in [2.45, 2.75) is 18.9 Å². The second-order valence-corrected chi connectivity index (χ2v) is 6.42. The number of nitrogens with zero attached hydrogens (tertiary/aromatic N) is 4. The second-order valence-electron chi connectivity index (χ2n) is 6.06. The minimum absolute atomic E-state index is 0.158. The Kier molecular flexibility index (Phi) is 4.28. The lowest BCUT2D eigenvalue weighted by molar-refractivity contribution is 0.104. The zero-order valence-electron chi connectivity index (χ0n) is 13.5. The van der Waals surface area contributed by atoms with Gasteiger partial charge in [-0.1, -0.05) is 41.9 Å². The summed E-state index contributed by atoms with van der Waals surface area (Å²) in [6.07, 6.45) is 5.79. The fraction of sp³-hybridized carbons (Fsp3) is 0.278. The van der Waals surface area contributed by atoms with Gasteiger partial charge in [-0.15, -0.1) is 0 Å². The monoisotopic (exact) mass is 356 g/mol. The molecule has 1 aromatic carbocycles. The second kappa shape index (κ2) is 6.72. The van der Waals surface area contributed by atoms with Gasteiger partial charge in [0.25, 0.3) is 0 Å². The molecule has 0 spiro atoms. The predicted octanol–water partition coefficient (Wildman–Crippen LogP) is 3.51. The molecular weight excluding hydrogens is 340 g/mol. The number of ether oxygens (including phenoxy) is 1. The molecule has 0 radical (unpaired) electrons. The first-order chi connectivity index (χ1) is 12.2. The summed E-state index contributed by atoms with van der Waals surface area (Å²) in [4.78, 5) is 22.6. The van der Waals surface area contributed by atoms with Gasteiger partial charge in [0.2, 0.25) is 0 Å². The van der Waals surface area contributed by atoms with E-state index in [-0.39, 0.29) is 18.6 Å². The van der Waals surface area contributed by atoms with Gasteiger partial charge in [0.15, 0.2) is 5.15 Å². The van der Waals surface area contributed by atoms with E-state index < -0.39 is 0 Å². The van der Waals surface area contributed by atoms with E-state index in [4.69, 9.17) is 16.3 Å². The standard InChI is InChI=1S/C18H17ClN4O2/c19-16-15-10-21-17(23(15)9-7-20-16)14-6-8-22(11-14)18(24)25-12-13-4-2-1-3-5-13/h1-5,7,9-10,14H,6,8,11-12H2/t14-/m0/s1. The average molecular weight is 357 g/mol. The summed E-state index contributed by atoms with van der Waals surface area (Å²) in [5.41, 5.74) is 1.76. The van der Waals surface area contributed by atoms with Crippen LogP contribution in [0.1, 0.15) is 23.7 Å². The molecule has 1 aliphatic heterocycles. The smallest absolute Gasteiger partial charge is 0.410 e. The minimum Gasteiger partial charge on any atom is -0.445 e. The quantitative estimate of drug-likeness (QED) is 0.720. The van der Waals surface area contributed by atoms with Crippen LogP contribution in [-0.2, 0) is 11.3 Å². The van der Waals surface area contributed by atoms with E-state index in [9.17, 15) is 4.79 Å². The number of halogens is 1. The lowest BCUT2D eigenvalue weighted by atomic mass is 10.1. The Hall–Kier alpha value is -2.60. The third-order valence-electron chi connectivity index (χ3n) is 4.46. The summed E-state index contributed by atoms with van der Waals surface area (Å²) < 4.78 is 7.36. The molecule has 1 amide bonds.